The van der Waals surface area contributed by atoms with Crippen molar-refractivity contribution in [2.45, 2.75) is 56.2 Å². The van der Waals surface area contributed by atoms with Crippen LogP contribution >= 0.6 is 0 Å². The van der Waals surface area contributed by atoms with Crippen molar-refractivity contribution in [2.75, 3.05) is 44.7 Å². The summed E-state index contributed by atoms with van der Waals surface area (Å²) >= 11 is 0. The minimum atomic E-state index is -1.09. The number of hydrogen-bond donors (Lipinski definition) is 2. The number of halogens is 2. The standard InChI is InChI=1S/C37H38F2N6O4/c1-5-25-28(38)10-9-22-15-24(46)16-26(30(22)25)32-31(39)33-27(18-40-32)34(43(4)19-23-17-36(3,48)20-45(23)29(47)6-2)42-35(41-33)49-21-37-11-7-13-44(37)14-8-12-37/h1,6,9-10,15-16,18,23,46,48H,2,7-8,11-14,17,19-21H2,3-4H3/t23-,36?/m0/s1. The fourth-order valence-corrected chi connectivity index (χ4v) is 8.10. The van der Waals surface area contributed by atoms with Gasteiger partial charge < -0.3 is 24.7 Å². The Bertz CT molecular complexity index is 2040. The topological polar surface area (TPSA) is 115 Å². The number of phenolic OH excluding ortho intramolecular Hbond substituents is 1. The van der Waals surface area contributed by atoms with E-state index < -0.39 is 23.3 Å². The summed E-state index contributed by atoms with van der Waals surface area (Å²) < 4.78 is 38.1. The molecule has 0 aliphatic carbocycles. The zero-order chi connectivity index (χ0) is 34.7. The lowest BCUT2D eigenvalue weighted by molar-refractivity contribution is -0.127. The van der Waals surface area contributed by atoms with Crippen LogP contribution in [0, 0.1) is 24.0 Å². The van der Waals surface area contributed by atoms with Gasteiger partial charge in [0.2, 0.25) is 5.91 Å². The number of phenols is 1. The summed E-state index contributed by atoms with van der Waals surface area (Å²) in [5, 5.41) is 22.3. The highest BCUT2D eigenvalue weighted by molar-refractivity contribution is 6.03. The van der Waals surface area contributed by atoms with Gasteiger partial charge in [-0.1, -0.05) is 18.6 Å². The Morgan fingerprint density at radius 3 is 2.71 bits per heavy atom. The average molecular weight is 669 g/mol. The number of rotatable bonds is 8. The molecule has 0 bridgehead atoms. The Kier molecular flexibility index (Phi) is 8.16. The number of aromatic hydroxyl groups is 1. The number of fused-ring (bicyclic) bond motifs is 3. The predicted octanol–water partition coefficient (Wildman–Crippen LogP) is 4.79. The minimum absolute atomic E-state index is 0.0212. The van der Waals surface area contributed by atoms with Gasteiger partial charge in [-0.2, -0.15) is 9.97 Å². The second-order valence-electron chi connectivity index (χ2n) is 13.8. The molecule has 3 aliphatic heterocycles. The molecule has 0 saturated carbocycles. The van der Waals surface area contributed by atoms with E-state index in [4.69, 9.17) is 16.1 Å². The number of benzene rings is 2. The average Bonchev–Trinajstić information content (AvgIpc) is 3.75. The number of hydrogen-bond acceptors (Lipinski definition) is 9. The molecule has 3 aliphatic rings. The molecule has 2 N–H and O–H groups in total. The molecular formula is C37H38F2N6O4. The van der Waals surface area contributed by atoms with Gasteiger partial charge >= 0.3 is 6.01 Å². The third kappa shape index (κ3) is 5.70. The number of nitrogens with zero attached hydrogens (tertiary/aromatic N) is 6. The first-order chi connectivity index (χ1) is 23.4. The number of aromatic nitrogens is 3. The number of likely N-dealkylation sites (tertiary alicyclic amines) is 1. The van der Waals surface area contributed by atoms with Crippen molar-refractivity contribution < 1.29 is 28.5 Å². The molecule has 49 heavy (non-hydrogen) atoms. The third-order valence-electron chi connectivity index (χ3n) is 10.3. The van der Waals surface area contributed by atoms with Gasteiger partial charge in [-0.3, -0.25) is 14.7 Å². The van der Waals surface area contributed by atoms with Crippen LogP contribution in [-0.2, 0) is 4.79 Å². The summed E-state index contributed by atoms with van der Waals surface area (Å²) in [5.41, 5.74) is -1.46. The molecule has 0 spiro atoms. The first-order valence-corrected chi connectivity index (χ1v) is 16.5. The maximum Gasteiger partial charge on any atom is 0.319 e. The third-order valence-corrected chi connectivity index (χ3v) is 10.3. The molecule has 2 aromatic heterocycles. The number of likely N-dealkylation sites (N-methyl/N-ethyl adjacent to an activating group) is 1. The minimum Gasteiger partial charge on any atom is -0.508 e. The number of amides is 1. The van der Waals surface area contributed by atoms with Gasteiger partial charge in [0.1, 0.15) is 35.2 Å². The zero-order valence-corrected chi connectivity index (χ0v) is 27.5. The molecule has 1 unspecified atom stereocenters. The van der Waals surface area contributed by atoms with Crippen LogP contribution in [0.5, 0.6) is 11.8 Å². The van der Waals surface area contributed by atoms with Gasteiger partial charge in [0.25, 0.3) is 0 Å². The van der Waals surface area contributed by atoms with E-state index in [0.717, 1.165) is 38.8 Å². The summed E-state index contributed by atoms with van der Waals surface area (Å²) in [4.78, 5) is 32.3. The second-order valence-corrected chi connectivity index (χ2v) is 13.8. The van der Waals surface area contributed by atoms with Crippen molar-refractivity contribution in [3.63, 3.8) is 0 Å². The van der Waals surface area contributed by atoms with E-state index in [1.807, 2.05) is 0 Å². The Morgan fingerprint density at radius 2 is 2.00 bits per heavy atom. The first kappa shape index (κ1) is 32.7. The van der Waals surface area contributed by atoms with Crippen molar-refractivity contribution in [1.82, 2.24) is 24.8 Å². The van der Waals surface area contributed by atoms with Crippen LogP contribution in [-0.4, -0.2) is 97.9 Å². The van der Waals surface area contributed by atoms with Crippen molar-refractivity contribution in [3.05, 3.63) is 60.3 Å². The number of aliphatic hydroxyl groups is 1. The van der Waals surface area contributed by atoms with E-state index in [-0.39, 0.29) is 69.4 Å². The zero-order valence-electron chi connectivity index (χ0n) is 27.5. The van der Waals surface area contributed by atoms with E-state index in [2.05, 4.69) is 27.4 Å². The van der Waals surface area contributed by atoms with Gasteiger partial charge in [-0.25, -0.2) is 8.78 Å². The molecule has 2 aromatic carbocycles. The van der Waals surface area contributed by atoms with Crippen LogP contribution in [0.1, 0.15) is 44.6 Å². The monoisotopic (exact) mass is 668 g/mol. The van der Waals surface area contributed by atoms with E-state index >= 15 is 4.39 Å². The maximum absolute atomic E-state index is 16.9. The number of carbonyl (C=O) groups excluding carboxylic acids is 1. The summed E-state index contributed by atoms with van der Waals surface area (Å²) in [7, 11) is 1.76. The molecule has 3 saturated heterocycles. The number of carbonyl (C=O) groups is 1. The van der Waals surface area contributed by atoms with Gasteiger partial charge in [0.15, 0.2) is 5.82 Å². The number of β-amino-alcohol motifs (C(OH)–C–C–N with tert-alkyl or cyclic N) is 1. The molecule has 12 heteroatoms. The fourth-order valence-electron chi connectivity index (χ4n) is 8.10. The Labute approximate surface area is 283 Å². The fraction of sp³-hybridized carbons (Fsp3) is 0.405. The molecule has 7 rings (SSSR count). The van der Waals surface area contributed by atoms with E-state index in [1.165, 1.54) is 36.5 Å². The lowest BCUT2D eigenvalue weighted by Crippen LogP contribution is -2.43. The largest absolute Gasteiger partial charge is 0.508 e. The Morgan fingerprint density at radius 1 is 1.24 bits per heavy atom. The van der Waals surface area contributed by atoms with Crippen molar-refractivity contribution in [3.8, 4) is 35.4 Å². The van der Waals surface area contributed by atoms with Crippen LogP contribution < -0.4 is 9.64 Å². The summed E-state index contributed by atoms with van der Waals surface area (Å²) in [6.45, 7) is 8.04. The smallest absolute Gasteiger partial charge is 0.319 e. The van der Waals surface area contributed by atoms with Crippen molar-refractivity contribution >= 4 is 33.4 Å². The van der Waals surface area contributed by atoms with E-state index in [0.29, 0.717) is 24.2 Å². The van der Waals surface area contributed by atoms with Crippen molar-refractivity contribution in [1.29, 1.82) is 0 Å². The first-order valence-electron chi connectivity index (χ1n) is 16.5. The van der Waals surface area contributed by atoms with Crippen LogP contribution in [0.4, 0.5) is 14.6 Å². The normalized spacial score (nSPS) is 21.6. The SMILES string of the molecule is C#Cc1c(F)ccc2cc(O)cc(-c3ncc4c(N(C)C[C@@H]5CC(C)(O)CN5C(=O)C=C)nc(OCC56CCCN5CCC6)nc4c3F)c12. The number of pyridine rings is 1. The van der Waals surface area contributed by atoms with Gasteiger partial charge in [0.05, 0.1) is 28.1 Å². The maximum atomic E-state index is 16.9. The Balaban J connectivity index is 1.35. The van der Waals surface area contributed by atoms with Crippen molar-refractivity contribution in [2.24, 2.45) is 0 Å². The van der Waals surface area contributed by atoms with Gasteiger partial charge in [0, 0.05) is 37.3 Å². The van der Waals surface area contributed by atoms with Gasteiger partial charge in [-0.15, -0.1) is 6.42 Å². The number of anilines is 1. The van der Waals surface area contributed by atoms with Gasteiger partial charge in [-0.05, 0) is 81.8 Å². The molecule has 254 valence electrons. The van der Waals surface area contributed by atoms with E-state index in [9.17, 15) is 19.4 Å². The Hall–Kier alpha value is -4.86. The quantitative estimate of drug-likeness (QED) is 0.202. The second kappa shape index (κ2) is 12.2. The molecule has 1 amide bonds. The number of ether oxygens (including phenoxy) is 1. The van der Waals surface area contributed by atoms with E-state index in [1.54, 1.807) is 23.8 Å². The predicted molar refractivity (Wildman–Crippen MR) is 182 cm³/mol. The molecule has 5 heterocycles. The van der Waals surface area contributed by atoms with Crippen LogP contribution in [0.3, 0.4) is 0 Å². The van der Waals surface area contributed by atoms with Crippen LogP contribution in [0.2, 0.25) is 0 Å². The molecule has 2 atom stereocenters. The lowest BCUT2D eigenvalue weighted by Gasteiger charge is -2.31. The molecule has 10 nitrogen and oxygen atoms in total. The summed E-state index contributed by atoms with van der Waals surface area (Å²) in [6.07, 6.45) is 12.8. The molecule has 4 aromatic rings. The molecular weight excluding hydrogens is 630 g/mol. The summed E-state index contributed by atoms with van der Waals surface area (Å²) in [6, 6.07) is 4.98. The summed E-state index contributed by atoms with van der Waals surface area (Å²) in [5.74, 6) is 0.716. The highest BCUT2D eigenvalue weighted by Crippen LogP contribution is 2.41. The highest BCUT2D eigenvalue weighted by Gasteiger charge is 2.45. The lowest BCUT2D eigenvalue weighted by atomic mass is 9.95. The highest BCUT2D eigenvalue weighted by atomic mass is 19.1. The molecule has 3 fully saturated rings. The molecule has 0 radical (unpaired) electrons. The number of terminal acetylenes is 1. The van der Waals surface area contributed by atoms with Crippen LogP contribution in [0.15, 0.2) is 43.1 Å². The van der Waals surface area contributed by atoms with Crippen LogP contribution in [0.25, 0.3) is 32.9 Å².